The number of fused-ring (bicyclic) bond motifs is 1. The van der Waals surface area contributed by atoms with Crippen LogP contribution in [0.4, 0.5) is 13.2 Å². The van der Waals surface area contributed by atoms with Crippen LogP contribution in [0.3, 0.4) is 0 Å². The first-order valence-electron chi connectivity index (χ1n) is 7.83. The number of ether oxygens (including phenoxy) is 2. The van der Waals surface area contributed by atoms with Gasteiger partial charge in [0.2, 0.25) is 11.4 Å². The third-order valence-electron chi connectivity index (χ3n) is 3.84. The van der Waals surface area contributed by atoms with Crippen molar-refractivity contribution in [3.63, 3.8) is 0 Å². The average Bonchev–Trinajstić information content (AvgIpc) is 2.54. The van der Waals surface area contributed by atoms with Crippen LogP contribution in [0.5, 0.6) is 5.75 Å². The predicted octanol–water partition coefficient (Wildman–Crippen LogP) is 3.72. The Balaban J connectivity index is 1.74. The van der Waals surface area contributed by atoms with Crippen LogP contribution in [-0.2, 0) is 14.4 Å². The van der Waals surface area contributed by atoms with Crippen molar-refractivity contribution >= 4 is 35.2 Å². The maximum Gasteiger partial charge on any atom is 0.430 e. The second-order valence-electron chi connectivity index (χ2n) is 5.77. The molecule has 1 fully saturated rings. The molecule has 3 rings (SSSR count). The minimum atomic E-state index is -4.92. The van der Waals surface area contributed by atoms with Gasteiger partial charge in [-0.1, -0.05) is 23.2 Å². The van der Waals surface area contributed by atoms with Crippen LogP contribution in [0, 0.1) is 5.21 Å². The maximum absolute atomic E-state index is 13.3. The lowest BCUT2D eigenvalue weighted by Crippen LogP contribution is -2.42. The second kappa shape index (κ2) is 7.92. The van der Waals surface area contributed by atoms with Gasteiger partial charge in [-0.2, -0.15) is 13.2 Å². The maximum atomic E-state index is 13.3. The zero-order valence-electron chi connectivity index (χ0n) is 13.9. The Kier molecular flexibility index (Phi) is 5.75. The van der Waals surface area contributed by atoms with Gasteiger partial charge in [-0.05, 0) is 24.6 Å². The number of alkyl halides is 3. The van der Waals surface area contributed by atoms with Crippen LogP contribution in [0.2, 0.25) is 10.0 Å². The lowest BCUT2D eigenvalue weighted by Gasteiger charge is -2.28. The summed E-state index contributed by atoms with van der Waals surface area (Å²) in [4.78, 5) is 16.8. The van der Waals surface area contributed by atoms with Crippen molar-refractivity contribution in [1.82, 2.24) is 5.01 Å². The van der Waals surface area contributed by atoms with E-state index in [0.29, 0.717) is 13.1 Å². The van der Waals surface area contributed by atoms with Crippen LogP contribution < -0.4 is 4.74 Å². The topological polar surface area (TPSA) is 86.4 Å². The summed E-state index contributed by atoms with van der Waals surface area (Å²) in [6.07, 6.45) is -5.76. The quantitative estimate of drug-likeness (QED) is 0.173. The van der Waals surface area contributed by atoms with Crippen LogP contribution in [-0.4, -0.2) is 48.1 Å². The molecule has 0 spiro atoms. The minimum Gasteiger partial charge on any atom is -0.569 e. The molecule has 0 N–H and O–H groups in total. The van der Waals surface area contributed by atoms with E-state index >= 15 is 0 Å². The molecule has 0 aromatic heterocycles. The number of hydrogen-bond donors (Lipinski definition) is 0. The van der Waals surface area contributed by atoms with E-state index in [4.69, 9.17) is 27.9 Å². The first-order valence-corrected chi connectivity index (χ1v) is 8.58. The van der Waals surface area contributed by atoms with E-state index in [2.05, 4.69) is 14.9 Å². The largest absolute Gasteiger partial charge is 0.569 e. The Morgan fingerprint density at radius 3 is 2.71 bits per heavy atom. The highest BCUT2D eigenvalue weighted by molar-refractivity contribution is 6.36. The number of carbonyl (C=O) groups is 1. The van der Waals surface area contributed by atoms with E-state index in [-0.39, 0.29) is 26.3 Å². The molecule has 1 aromatic carbocycles. The van der Waals surface area contributed by atoms with E-state index in [0.717, 1.165) is 12.5 Å². The van der Waals surface area contributed by atoms with E-state index in [1.807, 2.05) is 0 Å². The molecule has 8 nitrogen and oxygen atoms in total. The van der Waals surface area contributed by atoms with E-state index in [1.165, 1.54) is 17.1 Å². The first-order chi connectivity index (χ1) is 13.2. The van der Waals surface area contributed by atoms with Gasteiger partial charge >= 0.3 is 12.1 Å². The Hall–Kier alpha value is -2.40. The molecule has 2 heterocycles. The lowest BCUT2D eigenvalue weighted by molar-refractivity contribution is -0.723. The van der Waals surface area contributed by atoms with Gasteiger partial charge in [0.15, 0.2) is 0 Å². The standard InChI is InChI=1S/C15H12Cl2F3N3O5/c16-9-4-8-5-10(13(15(18,19)20)28-12(8)11(17)6-9)14(24)26-7-27-21-23(25)22-2-1-3-22/h4-6,13H,1-3,7H2/b23-21-/t13-/m0/s1. The van der Waals surface area contributed by atoms with Crippen molar-refractivity contribution in [1.29, 1.82) is 0 Å². The van der Waals surface area contributed by atoms with Gasteiger partial charge < -0.3 is 19.5 Å². The van der Waals surface area contributed by atoms with Gasteiger partial charge in [0.05, 0.1) is 28.7 Å². The number of esters is 1. The third-order valence-corrected chi connectivity index (χ3v) is 4.34. The number of nitrogens with zero attached hydrogens (tertiary/aromatic N) is 3. The number of benzene rings is 1. The molecule has 0 saturated carbocycles. The molecule has 0 unspecified atom stereocenters. The lowest BCUT2D eigenvalue weighted by atomic mass is 10.0. The molecule has 13 heteroatoms. The van der Waals surface area contributed by atoms with Crippen molar-refractivity contribution in [2.24, 2.45) is 5.28 Å². The molecule has 1 atom stereocenters. The number of halogens is 5. The van der Waals surface area contributed by atoms with Gasteiger partial charge in [0.1, 0.15) is 5.75 Å². The molecule has 152 valence electrons. The fourth-order valence-electron chi connectivity index (χ4n) is 2.40. The summed E-state index contributed by atoms with van der Waals surface area (Å²) in [6.45, 7) is 0.132. The van der Waals surface area contributed by atoms with Gasteiger partial charge in [0, 0.05) is 10.6 Å². The molecule has 0 bridgehead atoms. The SMILES string of the molecule is O=C(OCO/N=[N+](\[O-])N1CCC1)C1=Cc2cc(Cl)cc(Cl)c2O[C@@H]1C(F)(F)F. The van der Waals surface area contributed by atoms with Crippen molar-refractivity contribution in [2.75, 3.05) is 19.9 Å². The molecule has 2 aliphatic rings. The average molecular weight is 442 g/mol. The summed E-state index contributed by atoms with van der Waals surface area (Å²) in [7, 11) is 0. The molecule has 2 aliphatic heterocycles. The van der Waals surface area contributed by atoms with E-state index in [9.17, 15) is 23.2 Å². The summed E-state index contributed by atoms with van der Waals surface area (Å²) in [5.41, 5.74) is -0.747. The normalized spacial score (nSPS) is 19.2. The zero-order chi connectivity index (χ0) is 20.5. The predicted molar refractivity (Wildman–Crippen MR) is 89.2 cm³/mol. The molecular weight excluding hydrogens is 430 g/mol. The first kappa shape index (κ1) is 20.3. The number of hydrogen-bond acceptors (Lipinski definition) is 6. The molecule has 1 saturated heterocycles. The van der Waals surface area contributed by atoms with Crippen LogP contribution in [0.25, 0.3) is 6.08 Å². The molecular formula is C15H12Cl2F3N3O5. The number of carbonyl (C=O) groups excluding carboxylic acids is 1. The Morgan fingerprint density at radius 2 is 2.11 bits per heavy atom. The van der Waals surface area contributed by atoms with Gasteiger partial charge in [-0.25, -0.2) is 4.79 Å². The fourth-order valence-corrected chi connectivity index (χ4v) is 2.96. The molecule has 0 radical (unpaired) electrons. The van der Waals surface area contributed by atoms with Gasteiger partial charge in [-0.15, -0.1) is 5.01 Å². The number of rotatable bonds is 5. The van der Waals surface area contributed by atoms with E-state index < -0.39 is 30.6 Å². The van der Waals surface area contributed by atoms with E-state index in [1.54, 1.807) is 0 Å². The minimum absolute atomic E-state index is 0.0825. The highest BCUT2D eigenvalue weighted by atomic mass is 35.5. The van der Waals surface area contributed by atoms with Crippen molar-refractivity contribution in [3.8, 4) is 5.75 Å². The molecule has 1 aromatic rings. The van der Waals surface area contributed by atoms with Gasteiger partial charge in [-0.3, -0.25) is 0 Å². The monoisotopic (exact) mass is 441 g/mol. The summed E-state index contributed by atoms with van der Waals surface area (Å²) in [5.74, 6) is -1.62. The second-order valence-corrected chi connectivity index (χ2v) is 6.61. The van der Waals surface area contributed by atoms with Crippen LogP contribution >= 0.6 is 23.2 Å². The van der Waals surface area contributed by atoms with Crippen LogP contribution in [0.15, 0.2) is 23.0 Å². The highest BCUT2D eigenvalue weighted by Crippen LogP contribution is 2.42. The zero-order valence-corrected chi connectivity index (χ0v) is 15.4. The Bertz CT molecular complexity index is 843. The van der Waals surface area contributed by atoms with Crippen molar-refractivity contribution < 1.29 is 37.2 Å². The molecule has 0 amide bonds. The third kappa shape index (κ3) is 4.36. The Labute approximate surface area is 166 Å². The summed E-state index contributed by atoms with van der Waals surface area (Å²) in [5, 5.41) is 15.8. The summed E-state index contributed by atoms with van der Waals surface area (Å²) in [6, 6.07) is 2.51. The number of hydrazine groups is 1. The van der Waals surface area contributed by atoms with Gasteiger partial charge in [0.25, 0.3) is 6.79 Å². The smallest absolute Gasteiger partial charge is 0.430 e. The summed E-state index contributed by atoms with van der Waals surface area (Å²) < 4.78 is 49.5. The van der Waals surface area contributed by atoms with Crippen molar-refractivity contribution in [3.05, 3.63) is 38.5 Å². The molecule has 0 aliphatic carbocycles. The molecule has 28 heavy (non-hydrogen) atoms. The summed E-state index contributed by atoms with van der Waals surface area (Å²) >= 11 is 11.7. The Morgan fingerprint density at radius 1 is 1.39 bits per heavy atom. The van der Waals surface area contributed by atoms with Crippen LogP contribution in [0.1, 0.15) is 12.0 Å². The fraction of sp³-hybridized carbons (Fsp3) is 0.400. The highest BCUT2D eigenvalue weighted by Gasteiger charge is 2.49. The van der Waals surface area contributed by atoms with Crippen molar-refractivity contribution in [2.45, 2.75) is 18.7 Å².